The Kier molecular flexibility index (Phi) is 13.3. The molecule has 0 N–H and O–H groups in total. The molecule has 26 heteroatoms. The molecule has 18 rings (SSSR count). The molecular formula is C64H68O26. The minimum atomic E-state index is -0.713. The van der Waals surface area contributed by atoms with Crippen LogP contribution in [0.1, 0.15) is 93.9 Å². The fraction of sp³-hybridized carbons (Fsp3) is 0.656. The van der Waals surface area contributed by atoms with Gasteiger partial charge in [-0.2, -0.15) is 0 Å². The van der Waals surface area contributed by atoms with Gasteiger partial charge in [-0.05, 0) is 52.0 Å². The second kappa shape index (κ2) is 20.2. The lowest BCUT2D eigenvalue weighted by atomic mass is 9.81. The molecular weight excluding hydrogens is 1180 g/mol. The van der Waals surface area contributed by atoms with Gasteiger partial charge in [-0.1, -0.05) is 27.0 Å². The van der Waals surface area contributed by atoms with Crippen LogP contribution in [-0.4, -0.2) is 192 Å². The van der Waals surface area contributed by atoms with Crippen LogP contribution < -0.4 is 0 Å². The minimum absolute atomic E-state index is 0.0244. The predicted molar refractivity (Wildman–Crippen MR) is 291 cm³/mol. The Morgan fingerprint density at radius 3 is 1.21 bits per heavy atom. The molecule has 8 bridgehead atoms. The molecule has 20 unspecified atom stereocenters. The van der Waals surface area contributed by atoms with Gasteiger partial charge in [0, 0.05) is 75.4 Å². The highest BCUT2D eigenvalue weighted by molar-refractivity contribution is 5.97. The third-order valence-corrected chi connectivity index (χ3v) is 21.5. The predicted octanol–water partition coefficient (Wildman–Crippen LogP) is 2.33. The molecule has 28 atom stereocenters. The summed E-state index contributed by atoms with van der Waals surface area (Å²) in [4.78, 5) is 119. The number of hydrogen-bond acceptors (Lipinski definition) is 26. The van der Waals surface area contributed by atoms with E-state index in [9.17, 15) is 47.9 Å². The highest BCUT2D eigenvalue weighted by Gasteiger charge is 2.71. The number of epoxide rings is 6. The summed E-state index contributed by atoms with van der Waals surface area (Å²) < 4.78 is 88.8. The van der Waals surface area contributed by atoms with Crippen LogP contribution in [0.15, 0.2) is 70.9 Å². The summed E-state index contributed by atoms with van der Waals surface area (Å²) in [6.07, 6.45) is 3.96. The van der Waals surface area contributed by atoms with Crippen molar-refractivity contribution in [3.8, 4) is 0 Å². The van der Waals surface area contributed by atoms with Crippen LogP contribution in [0.4, 0.5) is 0 Å². The number of rotatable bonds is 2. The van der Waals surface area contributed by atoms with Crippen LogP contribution in [-0.2, 0) is 124 Å². The summed E-state index contributed by atoms with van der Waals surface area (Å²) in [6.45, 7) is 21.7. The number of esters is 10. The van der Waals surface area contributed by atoms with E-state index >= 15 is 0 Å². The zero-order valence-electron chi connectivity index (χ0n) is 50.4. The maximum atomic E-state index is 12.3. The lowest BCUT2D eigenvalue weighted by Gasteiger charge is -2.25. The van der Waals surface area contributed by atoms with Crippen molar-refractivity contribution < 1.29 is 124 Å². The fourth-order valence-electron chi connectivity index (χ4n) is 16.2. The molecule has 4 aliphatic carbocycles. The number of hydrogen-bond donors (Lipinski definition) is 0. The molecule has 0 aromatic heterocycles. The average molecular weight is 1250 g/mol. The molecule has 26 nitrogen and oxygen atoms in total. The van der Waals surface area contributed by atoms with Crippen molar-refractivity contribution >= 4 is 59.7 Å². The summed E-state index contributed by atoms with van der Waals surface area (Å²) >= 11 is 0. The molecule has 0 amide bonds. The van der Waals surface area contributed by atoms with Gasteiger partial charge in [0.2, 0.25) is 0 Å². The number of ether oxygens (including phenoxy) is 16. The van der Waals surface area contributed by atoms with Crippen molar-refractivity contribution in [3.05, 3.63) is 70.9 Å². The second-order valence-electron chi connectivity index (χ2n) is 27.7. The zero-order valence-corrected chi connectivity index (χ0v) is 50.4. The third kappa shape index (κ3) is 9.86. The number of fused-ring (bicyclic) bond motifs is 22. The Labute approximate surface area is 514 Å². The van der Waals surface area contributed by atoms with Gasteiger partial charge in [0.15, 0.2) is 0 Å². The van der Waals surface area contributed by atoms with Crippen molar-refractivity contribution in [1.29, 1.82) is 0 Å². The van der Waals surface area contributed by atoms with E-state index in [4.69, 9.17) is 75.8 Å². The van der Waals surface area contributed by atoms with Crippen LogP contribution in [0.5, 0.6) is 0 Å². The van der Waals surface area contributed by atoms with Gasteiger partial charge in [0.25, 0.3) is 0 Å². The normalized spacial score (nSPS) is 49.4. The number of carbonyl (C=O) groups excluding carboxylic acids is 10. The van der Waals surface area contributed by atoms with Gasteiger partial charge in [-0.25, -0.2) is 28.8 Å². The highest BCUT2D eigenvalue weighted by Crippen LogP contribution is 2.58. The molecule has 14 heterocycles. The van der Waals surface area contributed by atoms with Gasteiger partial charge in [-0.15, -0.1) is 0 Å². The van der Waals surface area contributed by atoms with Crippen LogP contribution in [0.2, 0.25) is 0 Å². The fourth-order valence-corrected chi connectivity index (χ4v) is 16.2. The maximum Gasteiger partial charge on any atom is 0.338 e. The van der Waals surface area contributed by atoms with E-state index in [0.717, 1.165) is 0 Å². The first-order valence-electron chi connectivity index (χ1n) is 30.8. The van der Waals surface area contributed by atoms with Gasteiger partial charge in [-0.3, -0.25) is 19.2 Å². The van der Waals surface area contributed by atoms with E-state index in [0.29, 0.717) is 72.0 Å². The maximum absolute atomic E-state index is 12.3. The third-order valence-electron chi connectivity index (χ3n) is 21.5. The van der Waals surface area contributed by atoms with Crippen molar-refractivity contribution in [2.75, 3.05) is 0 Å². The Balaban J connectivity index is 0.000000100. The number of carbonyl (C=O) groups is 10. The van der Waals surface area contributed by atoms with E-state index in [1.165, 1.54) is 13.8 Å². The molecule has 0 spiro atoms. The Hall–Kier alpha value is -7.10. The lowest BCUT2D eigenvalue weighted by Crippen LogP contribution is -2.35. The molecule has 480 valence electrons. The molecule has 10 fully saturated rings. The van der Waals surface area contributed by atoms with Crippen molar-refractivity contribution in [2.45, 2.75) is 226 Å². The first-order valence-corrected chi connectivity index (χ1v) is 30.8. The lowest BCUT2D eigenvalue weighted by molar-refractivity contribution is -0.150. The van der Waals surface area contributed by atoms with E-state index in [1.54, 1.807) is 25.2 Å². The molecule has 0 aromatic carbocycles. The van der Waals surface area contributed by atoms with Gasteiger partial charge >= 0.3 is 59.7 Å². The van der Waals surface area contributed by atoms with E-state index in [-0.39, 0.29) is 132 Å². The molecule has 90 heavy (non-hydrogen) atoms. The van der Waals surface area contributed by atoms with Crippen LogP contribution in [0.25, 0.3) is 0 Å². The summed E-state index contributed by atoms with van der Waals surface area (Å²) in [6, 6.07) is 0. The first kappa shape index (κ1) is 59.2. The van der Waals surface area contributed by atoms with Crippen LogP contribution in [0, 0.1) is 35.5 Å². The van der Waals surface area contributed by atoms with Crippen molar-refractivity contribution in [2.24, 2.45) is 35.5 Å². The topological polar surface area (TPSA) is 338 Å². The SMILES string of the molecule is C=C1C(=O)OC2C[C@]3(C)OC3C3OC3C3=CC(OC3=O)C12.C=C1C(=O)OC2C[C@]3(C)OC3C[C@H](OC(C)=O)C3=CC(OC3=O)C12.CC(=O)O[C@H]1CC2O[C@@]2(C)CC2OC(=O)[C@H](C)C2C2C=C1C(=O)O2.C[C@H]1C(=O)OC2C[C@]3(C)OC3C3OC3C3=CC(OC3=O)C21. The zero-order chi connectivity index (χ0) is 63.5. The summed E-state index contributed by atoms with van der Waals surface area (Å²) in [7, 11) is 0. The standard InChI is InChI=1S/C17H20O7.C17H18O7.C15H16O6.C15H14O6/c2*1-7-14-11-4-9(16(20)22-11)10(21-8(2)18)5-13-17(3,24-13)6-12(14)23-15(7)19;2*1-5-9-7-3-6(14(17)18-7)10-11(20-10)12-15(2,21-12)4-8(9)19-13(5)16/h4,7,10-14H,5-6H2,1-3H3;4,10-14H,1,5-6H2,2-3H3;3,5,7-12H,4H2,1-2H3;3,7-12H,1,4H2,2H3/t7-,10+,11?,12?,13?,14?,17+;10-,11?,12?,13?,14?,17-;5-,7?,8?,9?,10?,11?,12?,15+;7?,8?,9?,10?,11?,12?,15-/m1010/s1. The molecule has 18 aliphatic rings. The van der Waals surface area contributed by atoms with Crippen molar-refractivity contribution in [3.63, 3.8) is 0 Å². The highest BCUT2D eigenvalue weighted by atomic mass is 16.7. The first-order chi connectivity index (χ1) is 42.5. The monoisotopic (exact) mass is 1250 g/mol. The van der Waals surface area contributed by atoms with Crippen molar-refractivity contribution in [1.82, 2.24) is 0 Å². The van der Waals surface area contributed by atoms with E-state index < -0.39 is 95.7 Å². The van der Waals surface area contributed by atoms with Gasteiger partial charge in [0.05, 0.1) is 80.6 Å². The molecule has 0 aromatic rings. The minimum Gasteiger partial charge on any atom is -0.462 e. The summed E-state index contributed by atoms with van der Waals surface area (Å²) in [5.41, 5.74) is 0.789. The van der Waals surface area contributed by atoms with Crippen LogP contribution >= 0.6 is 0 Å². The Morgan fingerprint density at radius 2 is 0.789 bits per heavy atom. The average Bonchev–Trinajstić information content (AvgIpc) is 1.56. The van der Waals surface area contributed by atoms with Crippen LogP contribution in [0.3, 0.4) is 0 Å². The summed E-state index contributed by atoms with van der Waals surface area (Å²) in [5, 5.41) is 0. The summed E-state index contributed by atoms with van der Waals surface area (Å²) in [5.74, 6) is -5.88. The van der Waals surface area contributed by atoms with Gasteiger partial charge in [0.1, 0.15) is 97.7 Å². The quantitative estimate of drug-likeness (QED) is 0.166. The van der Waals surface area contributed by atoms with E-state index in [2.05, 4.69) is 13.2 Å². The molecule has 0 saturated carbocycles. The Bertz CT molecular complexity index is 3470. The largest absolute Gasteiger partial charge is 0.462 e. The molecule has 14 aliphatic heterocycles. The molecule has 10 saturated heterocycles. The Morgan fingerprint density at radius 1 is 0.444 bits per heavy atom. The second-order valence-corrected chi connectivity index (χ2v) is 27.7. The molecule has 0 radical (unpaired) electrons. The van der Waals surface area contributed by atoms with Gasteiger partial charge < -0.3 is 75.8 Å². The van der Waals surface area contributed by atoms with E-state index in [1.807, 2.05) is 40.7 Å². The smallest absolute Gasteiger partial charge is 0.338 e.